The van der Waals surface area contributed by atoms with E-state index in [4.69, 9.17) is 5.11 Å². The van der Waals surface area contributed by atoms with Gasteiger partial charge in [0.05, 0.1) is 6.20 Å². The number of carbonyl (C=O) groups excluding carboxylic acids is 1. The summed E-state index contributed by atoms with van der Waals surface area (Å²) in [7, 11) is 0. The molecule has 2 N–H and O–H groups in total. The lowest BCUT2D eigenvalue weighted by atomic mass is 9.88. The summed E-state index contributed by atoms with van der Waals surface area (Å²) in [6, 6.07) is 0.184. The van der Waals surface area contributed by atoms with Gasteiger partial charge in [0.15, 0.2) is 0 Å². The number of H-pyrrole nitrogens is 1. The Labute approximate surface area is 121 Å². The summed E-state index contributed by atoms with van der Waals surface area (Å²) in [5, 5.41) is 8.91. The molecular formula is C14H17N3O4. The molecule has 1 aromatic heterocycles. The van der Waals surface area contributed by atoms with Crippen LogP contribution in [0.25, 0.3) is 0 Å². The van der Waals surface area contributed by atoms with Crippen molar-refractivity contribution in [1.82, 2.24) is 14.9 Å². The number of aromatic amines is 1. The first-order chi connectivity index (χ1) is 10.0. The highest BCUT2D eigenvalue weighted by Crippen LogP contribution is 2.40. The number of fused-ring (bicyclic) bond motifs is 2. The molecule has 2 aliphatic rings. The third-order valence-electron chi connectivity index (χ3n) is 4.42. The molecule has 2 aliphatic heterocycles. The third-order valence-corrected chi connectivity index (χ3v) is 4.42. The lowest BCUT2D eigenvalue weighted by Crippen LogP contribution is -2.47. The number of carboxylic acids is 1. The number of carbonyl (C=O) groups is 2. The maximum atomic E-state index is 12.5. The molecule has 3 rings (SSSR count). The molecule has 0 aromatic carbocycles. The van der Waals surface area contributed by atoms with E-state index in [2.05, 4.69) is 9.97 Å². The SMILES string of the molecule is O=C(O)CC1CC2CCC(C1)N2C(=O)c1c[nH]c(=O)cn1. The van der Waals surface area contributed by atoms with Crippen LogP contribution in [0.1, 0.15) is 42.6 Å². The molecule has 2 unspecified atom stereocenters. The van der Waals surface area contributed by atoms with E-state index in [-0.39, 0.29) is 41.6 Å². The van der Waals surface area contributed by atoms with Gasteiger partial charge in [0, 0.05) is 24.7 Å². The van der Waals surface area contributed by atoms with Crippen LogP contribution in [0.4, 0.5) is 0 Å². The molecule has 7 heteroatoms. The van der Waals surface area contributed by atoms with Gasteiger partial charge >= 0.3 is 5.97 Å². The second kappa shape index (κ2) is 5.31. The minimum absolute atomic E-state index is 0.0920. The van der Waals surface area contributed by atoms with Gasteiger partial charge in [-0.2, -0.15) is 0 Å². The van der Waals surface area contributed by atoms with E-state index in [9.17, 15) is 14.4 Å². The molecule has 1 amide bonds. The Hall–Kier alpha value is -2.18. The Morgan fingerprint density at radius 3 is 2.52 bits per heavy atom. The van der Waals surface area contributed by atoms with Gasteiger partial charge in [-0.05, 0) is 31.6 Å². The van der Waals surface area contributed by atoms with Gasteiger partial charge in [-0.15, -0.1) is 0 Å². The molecule has 2 fully saturated rings. The monoisotopic (exact) mass is 291 g/mol. The normalized spacial score (nSPS) is 27.6. The Bertz CT molecular complexity index is 592. The fourth-order valence-corrected chi connectivity index (χ4v) is 3.63. The van der Waals surface area contributed by atoms with Crippen molar-refractivity contribution in [3.63, 3.8) is 0 Å². The number of hydrogen-bond acceptors (Lipinski definition) is 4. The number of piperidine rings is 1. The maximum absolute atomic E-state index is 12.5. The average molecular weight is 291 g/mol. The maximum Gasteiger partial charge on any atom is 0.303 e. The van der Waals surface area contributed by atoms with E-state index in [1.54, 1.807) is 0 Å². The van der Waals surface area contributed by atoms with Gasteiger partial charge in [0.25, 0.3) is 11.5 Å². The van der Waals surface area contributed by atoms with Crippen LogP contribution in [-0.2, 0) is 4.79 Å². The van der Waals surface area contributed by atoms with Crippen molar-refractivity contribution in [2.45, 2.75) is 44.2 Å². The summed E-state index contributed by atoms with van der Waals surface area (Å²) in [4.78, 5) is 42.6. The number of rotatable bonds is 3. The Balaban J connectivity index is 1.75. The summed E-state index contributed by atoms with van der Waals surface area (Å²) in [6.07, 6.45) is 5.91. The number of carboxylic acid groups (broad SMARTS) is 1. The minimum Gasteiger partial charge on any atom is -0.481 e. The van der Waals surface area contributed by atoms with Gasteiger partial charge in [-0.3, -0.25) is 14.4 Å². The Kier molecular flexibility index (Phi) is 3.48. The van der Waals surface area contributed by atoms with Crippen molar-refractivity contribution in [2.75, 3.05) is 0 Å². The largest absolute Gasteiger partial charge is 0.481 e. The lowest BCUT2D eigenvalue weighted by Gasteiger charge is -2.38. The first kappa shape index (κ1) is 13.8. The van der Waals surface area contributed by atoms with E-state index < -0.39 is 5.97 Å². The number of nitrogens with zero attached hydrogens (tertiary/aromatic N) is 2. The van der Waals surface area contributed by atoms with E-state index in [1.807, 2.05) is 4.90 Å². The predicted molar refractivity (Wildman–Crippen MR) is 72.8 cm³/mol. The fourth-order valence-electron chi connectivity index (χ4n) is 3.63. The first-order valence-corrected chi connectivity index (χ1v) is 7.14. The number of hydrogen-bond donors (Lipinski definition) is 2. The molecule has 2 atom stereocenters. The molecule has 0 spiro atoms. The average Bonchev–Trinajstić information content (AvgIpc) is 2.70. The van der Waals surface area contributed by atoms with Crippen LogP contribution in [0.15, 0.2) is 17.2 Å². The van der Waals surface area contributed by atoms with Gasteiger partial charge in [0.2, 0.25) is 0 Å². The highest BCUT2D eigenvalue weighted by molar-refractivity contribution is 5.92. The van der Waals surface area contributed by atoms with E-state index in [0.29, 0.717) is 0 Å². The van der Waals surface area contributed by atoms with Crippen LogP contribution in [-0.4, -0.2) is 43.9 Å². The molecule has 7 nitrogen and oxygen atoms in total. The van der Waals surface area contributed by atoms with Gasteiger partial charge in [-0.1, -0.05) is 0 Å². The van der Waals surface area contributed by atoms with Gasteiger partial charge < -0.3 is 15.0 Å². The molecule has 0 aliphatic carbocycles. The second-order valence-corrected chi connectivity index (χ2v) is 5.83. The van der Waals surface area contributed by atoms with Crippen molar-refractivity contribution >= 4 is 11.9 Å². The zero-order valence-electron chi connectivity index (χ0n) is 11.5. The fraction of sp³-hybridized carbons (Fsp3) is 0.571. The zero-order valence-corrected chi connectivity index (χ0v) is 11.5. The smallest absolute Gasteiger partial charge is 0.303 e. The van der Waals surface area contributed by atoms with Crippen LogP contribution < -0.4 is 5.56 Å². The van der Waals surface area contributed by atoms with Crippen LogP contribution in [0.2, 0.25) is 0 Å². The Morgan fingerprint density at radius 2 is 2.00 bits per heavy atom. The highest BCUT2D eigenvalue weighted by atomic mass is 16.4. The molecule has 3 heterocycles. The molecule has 2 saturated heterocycles. The summed E-state index contributed by atoms with van der Waals surface area (Å²) in [5.74, 6) is -0.804. The summed E-state index contributed by atoms with van der Waals surface area (Å²) >= 11 is 0. The Morgan fingerprint density at radius 1 is 1.33 bits per heavy atom. The molecule has 2 bridgehead atoms. The van der Waals surface area contributed by atoms with Gasteiger partial charge in [0.1, 0.15) is 5.69 Å². The van der Waals surface area contributed by atoms with Crippen molar-refractivity contribution in [1.29, 1.82) is 0 Å². The minimum atomic E-state index is -0.776. The van der Waals surface area contributed by atoms with Gasteiger partial charge in [-0.25, -0.2) is 4.98 Å². The van der Waals surface area contributed by atoms with Crippen LogP contribution >= 0.6 is 0 Å². The lowest BCUT2D eigenvalue weighted by molar-refractivity contribution is -0.138. The number of aliphatic carboxylic acids is 1. The molecule has 1 aromatic rings. The van der Waals surface area contributed by atoms with E-state index >= 15 is 0 Å². The van der Waals surface area contributed by atoms with E-state index in [1.165, 1.54) is 6.20 Å². The van der Waals surface area contributed by atoms with Crippen LogP contribution in [0.5, 0.6) is 0 Å². The molecular weight excluding hydrogens is 274 g/mol. The molecule has 0 saturated carbocycles. The summed E-state index contributed by atoms with van der Waals surface area (Å²) in [6.45, 7) is 0. The van der Waals surface area contributed by atoms with Crippen molar-refractivity contribution in [3.8, 4) is 0 Å². The molecule has 112 valence electrons. The topological polar surface area (TPSA) is 103 Å². The summed E-state index contributed by atoms with van der Waals surface area (Å²) < 4.78 is 0. The third kappa shape index (κ3) is 2.68. The van der Waals surface area contributed by atoms with E-state index in [0.717, 1.165) is 31.9 Å². The molecule has 0 radical (unpaired) electrons. The zero-order chi connectivity index (χ0) is 15.0. The second-order valence-electron chi connectivity index (χ2n) is 5.83. The van der Waals surface area contributed by atoms with Crippen molar-refractivity contribution < 1.29 is 14.7 Å². The first-order valence-electron chi connectivity index (χ1n) is 7.14. The quantitative estimate of drug-likeness (QED) is 0.850. The number of amides is 1. The predicted octanol–water partition coefficient (Wildman–Crippen LogP) is 0.628. The molecule has 21 heavy (non-hydrogen) atoms. The summed E-state index contributed by atoms with van der Waals surface area (Å²) in [5.41, 5.74) is -0.0992. The van der Waals surface area contributed by atoms with Crippen molar-refractivity contribution in [2.24, 2.45) is 5.92 Å². The van der Waals surface area contributed by atoms with Crippen molar-refractivity contribution in [3.05, 3.63) is 28.4 Å². The van der Waals surface area contributed by atoms with Crippen LogP contribution in [0.3, 0.4) is 0 Å². The highest BCUT2D eigenvalue weighted by Gasteiger charge is 2.44. The van der Waals surface area contributed by atoms with Crippen LogP contribution in [0, 0.1) is 5.92 Å². The number of aromatic nitrogens is 2. The standard InChI is InChI=1S/C14H17N3O4/c18-12-7-15-11(6-16-12)14(21)17-9-1-2-10(17)4-8(3-9)5-13(19)20/h6-10H,1-5H2,(H,16,18)(H,19,20). The number of nitrogens with one attached hydrogen (secondary N) is 1.